The average molecular weight is 214 g/mol. The van der Waals surface area contributed by atoms with Crippen molar-refractivity contribution in [2.75, 3.05) is 6.61 Å². The van der Waals surface area contributed by atoms with Gasteiger partial charge < -0.3 is 4.43 Å². The van der Waals surface area contributed by atoms with Gasteiger partial charge in [-0.25, -0.2) is 0 Å². The predicted molar refractivity (Wildman–Crippen MR) is 64.8 cm³/mol. The molecule has 0 aliphatic heterocycles. The molecular formula is C12H26OSi. The van der Waals surface area contributed by atoms with Crippen LogP contribution in [-0.2, 0) is 4.43 Å². The summed E-state index contributed by atoms with van der Waals surface area (Å²) >= 11 is 0. The predicted octanol–water partition coefficient (Wildman–Crippen LogP) is 4.20. The van der Waals surface area contributed by atoms with Crippen LogP contribution in [0.4, 0.5) is 0 Å². The molecule has 0 saturated heterocycles. The van der Waals surface area contributed by atoms with Gasteiger partial charge in [0.2, 0.25) is 9.76 Å². The fourth-order valence-corrected chi connectivity index (χ4v) is 2.20. The summed E-state index contributed by atoms with van der Waals surface area (Å²) < 4.78 is 5.59. The lowest BCUT2D eigenvalue weighted by Gasteiger charge is -2.02. The van der Waals surface area contributed by atoms with Gasteiger partial charge in [0.05, 0.1) is 0 Å². The van der Waals surface area contributed by atoms with Gasteiger partial charge in [0, 0.05) is 6.61 Å². The largest absolute Gasteiger partial charge is 0.417 e. The lowest BCUT2D eigenvalue weighted by atomic mass is 10.2. The maximum atomic E-state index is 5.59. The van der Waals surface area contributed by atoms with Crippen LogP contribution in [0.15, 0.2) is 0 Å². The fraction of sp³-hybridized carbons (Fsp3) is 1.00. The first-order valence-electron chi connectivity index (χ1n) is 6.26. The number of unbranched alkanes of at least 4 members (excludes halogenated alkanes) is 6. The van der Waals surface area contributed by atoms with E-state index in [0.717, 1.165) is 16.4 Å². The molecule has 0 saturated carbocycles. The Morgan fingerprint density at radius 1 is 0.786 bits per heavy atom. The van der Waals surface area contributed by atoms with Crippen LogP contribution in [0.5, 0.6) is 0 Å². The molecule has 2 heteroatoms. The van der Waals surface area contributed by atoms with Gasteiger partial charge in [-0.3, -0.25) is 0 Å². The van der Waals surface area contributed by atoms with Crippen molar-refractivity contribution in [1.82, 2.24) is 0 Å². The lowest BCUT2D eigenvalue weighted by Crippen LogP contribution is -2.00. The molecule has 0 aromatic heterocycles. The molecule has 0 spiro atoms. The van der Waals surface area contributed by atoms with Crippen molar-refractivity contribution in [3.8, 4) is 0 Å². The van der Waals surface area contributed by atoms with Crippen molar-refractivity contribution in [3.63, 3.8) is 0 Å². The van der Waals surface area contributed by atoms with Crippen LogP contribution in [0.3, 0.4) is 0 Å². The van der Waals surface area contributed by atoms with Crippen molar-refractivity contribution in [1.29, 1.82) is 0 Å². The lowest BCUT2D eigenvalue weighted by molar-refractivity contribution is 0.320. The Morgan fingerprint density at radius 2 is 1.43 bits per heavy atom. The van der Waals surface area contributed by atoms with E-state index in [1.54, 1.807) is 0 Å². The van der Waals surface area contributed by atoms with Crippen LogP contribution in [0.25, 0.3) is 0 Å². The molecule has 14 heavy (non-hydrogen) atoms. The van der Waals surface area contributed by atoms with Gasteiger partial charge in [-0.2, -0.15) is 0 Å². The first-order chi connectivity index (χ1) is 6.91. The Balaban J connectivity index is 2.78. The topological polar surface area (TPSA) is 9.23 Å². The standard InChI is InChI=1S/C12H26OSi/c1-3-5-7-9-11-13-14-12-10-8-6-4-2/h3-12H2,1-2H3. The van der Waals surface area contributed by atoms with E-state index >= 15 is 0 Å². The van der Waals surface area contributed by atoms with Crippen molar-refractivity contribution < 1.29 is 4.43 Å². The molecule has 84 valence electrons. The quantitative estimate of drug-likeness (QED) is 0.370. The van der Waals surface area contributed by atoms with Crippen LogP contribution >= 0.6 is 0 Å². The third-order valence-corrected chi connectivity index (χ3v) is 3.30. The van der Waals surface area contributed by atoms with Gasteiger partial charge in [-0.05, 0) is 12.5 Å². The molecule has 0 aromatic rings. The monoisotopic (exact) mass is 214 g/mol. The van der Waals surface area contributed by atoms with E-state index in [9.17, 15) is 0 Å². The molecule has 0 amide bonds. The van der Waals surface area contributed by atoms with Gasteiger partial charge in [-0.15, -0.1) is 0 Å². The van der Waals surface area contributed by atoms with Crippen molar-refractivity contribution in [2.45, 2.75) is 71.3 Å². The summed E-state index contributed by atoms with van der Waals surface area (Å²) in [5.74, 6) is 0. The Bertz CT molecular complexity index is 84.3. The highest BCUT2D eigenvalue weighted by Gasteiger charge is 1.93. The summed E-state index contributed by atoms with van der Waals surface area (Å²) in [6.45, 7) is 5.50. The zero-order valence-corrected chi connectivity index (χ0v) is 11.0. The first kappa shape index (κ1) is 14.2. The molecule has 0 aliphatic rings. The summed E-state index contributed by atoms with van der Waals surface area (Å²) in [5, 5.41) is 0. The second kappa shape index (κ2) is 13.2. The Kier molecular flexibility index (Phi) is 13.3. The highest BCUT2D eigenvalue weighted by atomic mass is 28.2. The van der Waals surface area contributed by atoms with Gasteiger partial charge in [-0.1, -0.05) is 58.8 Å². The molecule has 1 nitrogen and oxygen atoms in total. The molecule has 0 aliphatic carbocycles. The number of hydrogen-bond donors (Lipinski definition) is 0. The normalized spacial score (nSPS) is 10.7. The minimum atomic E-state index is 0.755. The fourth-order valence-electron chi connectivity index (χ4n) is 1.37. The van der Waals surface area contributed by atoms with Crippen LogP contribution in [-0.4, -0.2) is 16.4 Å². The maximum absolute atomic E-state index is 5.59. The molecule has 2 radical (unpaired) electrons. The Labute approximate surface area is 92.6 Å². The average Bonchev–Trinajstić information content (AvgIpc) is 2.21. The Morgan fingerprint density at radius 3 is 2.07 bits per heavy atom. The molecule has 0 unspecified atom stereocenters. The SMILES string of the molecule is CCCCCCO[Si]CCCCCC. The van der Waals surface area contributed by atoms with Gasteiger partial charge >= 0.3 is 0 Å². The van der Waals surface area contributed by atoms with Crippen molar-refractivity contribution in [2.24, 2.45) is 0 Å². The zero-order valence-electron chi connectivity index (χ0n) is 9.98. The summed E-state index contributed by atoms with van der Waals surface area (Å²) in [7, 11) is 0.755. The van der Waals surface area contributed by atoms with E-state index in [-0.39, 0.29) is 0 Å². The zero-order chi connectivity index (χ0) is 10.5. The van der Waals surface area contributed by atoms with Crippen LogP contribution in [0.2, 0.25) is 6.04 Å². The minimum Gasteiger partial charge on any atom is -0.417 e. The maximum Gasteiger partial charge on any atom is 0.229 e. The molecule has 0 N–H and O–H groups in total. The van der Waals surface area contributed by atoms with E-state index < -0.39 is 0 Å². The Hall–Kier alpha value is 0.177. The van der Waals surface area contributed by atoms with Gasteiger partial charge in [0.25, 0.3) is 0 Å². The minimum absolute atomic E-state index is 0.755. The molecule has 0 atom stereocenters. The van der Waals surface area contributed by atoms with E-state index in [0.29, 0.717) is 0 Å². The van der Waals surface area contributed by atoms with Gasteiger partial charge in [0.1, 0.15) is 0 Å². The highest BCUT2D eigenvalue weighted by molar-refractivity contribution is 6.26. The first-order valence-corrected chi connectivity index (χ1v) is 7.38. The van der Waals surface area contributed by atoms with Crippen molar-refractivity contribution in [3.05, 3.63) is 0 Å². The van der Waals surface area contributed by atoms with Crippen molar-refractivity contribution >= 4 is 9.76 Å². The number of hydrogen-bond acceptors (Lipinski definition) is 1. The van der Waals surface area contributed by atoms with Crippen LogP contribution < -0.4 is 0 Å². The van der Waals surface area contributed by atoms with E-state index in [1.165, 1.54) is 57.4 Å². The van der Waals surface area contributed by atoms with E-state index in [2.05, 4.69) is 13.8 Å². The summed E-state index contributed by atoms with van der Waals surface area (Å²) in [6, 6.07) is 1.29. The molecule has 0 heterocycles. The second-order valence-electron chi connectivity index (χ2n) is 3.86. The molecule has 0 fully saturated rings. The summed E-state index contributed by atoms with van der Waals surface area (Å²) in [4.78, 5) is 0. The summed E-state index contributed by atoms with van der Waals surface area (Å²) in [6.07, 6.45) is 10.8. The van der Waals surface area contributed by atoms with Crippen LogP contribution in [0.1, 0.15) is 65.2 Å². The van der Waals surface area contributed by atoms with E-state index in [4.69, 9.17) is 4.43 Å². The molecule has 0 aromatic carbocycles. The third-order valence-electron chi connectivity index (χ3n) is 2.33. The van der Waals surface area contributed by atoms with Crippen LogP contribution in [0, 0.1) is 0 Å². The van der Waals surface area contributed by atoms with Gasteiger partial charge in [0.15, 0.2) is 0 Å². The molecule has 0 bridgehead atoms. The number of rotatable bonds is 11. The molecule has 0 rings (SSSR count). The molecular weight excluding hydrogens is 188 g/mol. The highest BCUT2D eigenvalue weighted by Crippen LogP contribution is 2.03. The van der Waals surface area contributed by atoms with E-state index in [1.807, 2.05) is 0 Å². The second-order valence-corrected chi connectivity index (χ2v) is 4.94. The smallest absolute Gasteiger partial charge is 0.229 e. The third kappa shape index (κ3) is 12.2. The summed E-state index contributed by atoms with van der Waals surface area (Å²) in [5.41, 5.74) is 0.